The third-order valence-electron chi connectivity index (χ3n) is 4.08. The van der Waals surface area contributed by atoms with Crippen LogP contribution in [-0.2, 0) is 23.1 Å². The lowest BCUT2D eigenvalue weighted by Crippen LogP contribution is -2.30. The minimum absolute atomic E-state index is 0.0709. The van der Waals surface area contributed by atoms with E-state index in [1.54, 1.807) is 36.5 Å². The first kappa shape index (κ1) is 20.0. The highest BCUT2D eigenvalue weighted by Crippen LogP contribution is 2.22. The number of aromatic nitrogens is 1. The summed E-state index contributed by atoms with van der Waals surface area (Å²) in [6.45, 7) is 0.147. The zero-order valence-corrected chi connectivity index (χ0v) is 16.3. The maximum absolute atomic E-state index is 13.2. The van der Waals surface area contributed by atoms with Crippen LogP contribution in [0.4, 0.5) is 0 Å². The molecule has 6 nitrogen and oxygen atoms in total. The van der Waals surface area contributed by atoms with Gasteiger partial charge >= 0.3 is 5.97 Å². The normalized spacial score (nSPS) is 11.5. The van der Waals surface area contributed by atoms with Gasteiger partial charge in [0.25, 0.3) is 0 Å². The monoisotopic (exact) mass is 416 g/mol. The Balaban J connectivity index is 1.94. The SMILES string of the molecule is O=C(O)c1ccc(CN(Cc2ccccn2)S(=O)(=O)c2ccc(Cl)cc2)cc1. The van der Waals surface area contributed by atoms with Crippen molar-refractivity contribution in [2.24, 2.45) is 0 Å². The molecule has 0 spiro atoms. The number of sulfonamides is 1. The number of carboxylic acids is 1. The molecule has 0 amide bonds. The molecule has 0 aliphatic heterocycles. The average molecular weight is 417 g/mol. The zero-order chi connectivity index (χ0) is 20.1. The first-order chi connectivity index (χ1) is 13.4. The largest absolute Gasteiger partial charge is 0.478 e. The zero-order valence-electron chi connectivity index (χ0n) is 14.7. The van der Waals surface area contributed by atoms with Crippen molar-refractivity contribution < 1.29 is 18.3 Å². The quantitative estimate of drug-likeness (QED) is 0.632. The van der Waals surface area contributed by atoms with E-state index in [9.17, 15) is 13.2 Å². The van der Waals surface area contributed by atoms with Gasteiger partial charge in [0.05, 0.1) is 22.7 Å². The van der Waals surface area contributed by atoms with Crippen LogP contribution in [0.3, 0.4) is 0 Å². The first-order valence-corrected chi connectivity index (χ1v) is 10.2. The van der Waals surface area contributed by atoms with Crippen molar-refractivity contribution >= 4 is 27.6 Å². The number of benzene rings is 2. The van der Waals surface area contributed by atoms with Gasteiger partial charge in [-0.3, -0.25) is 4.98 Å². The second-order valence-corrected chi connectivity index (χ2v) is 8.42. The minimum atomic E-state index is -3.82. The summed E-state index contributed by atoms with van der Waals surface area (Å²) in [6.07, 6.45) is 1.60. The molecule has 0 saturated heterocycles. The van der Waals surface area contributed by atoms with Crippen LogP contribution in [0.25, 0.3) is 0 Å². The molecule has 8 heteroatoms. The molecular formula is C20H17ClN2O4S. The van der Waals surface area contributed by atoms with Crippen LogP contribution in [0.1, 0.15) is 21.6 Å². The summed E-state index contributed by atoms with van der Waals surface area (Å²) in [6, 6.07) is 17.4. The molecule has 0 aliphatic carbocycles. The highest BCUT2D eigenvalue weighted by atomic mass is 35.5. The first-order valence-electron chi connectivity index (χ1n) is 8.34. The van der Waals surface area contributed by atoms with Gasteiger partial charge in [-0.15, -0.1) is 0 Å². The fourth-order valence-electron chi connectivity index (χ4n) is 2.61. The van der Waals surface area contributed by atoms with Gasteiger partial charge in [-0.25, -0.2) is 13.2 Å². The number of nitrogens with zero attached hydrogens (tertiary/aromatic N) is 2. The topological polar surface area (TPSA) is 87.6 Å². The Morgan fingerprint density at radius 3 is 2.21 bits per heavy atom. The molecule has 0 atom stereocenters. The number of hydrogen-bond acceptors (Lipinski definition) is 4. The lowest BCUT2D eigenvalue weighted by atomic mass is 10.1. The van der Waals surface area contributed by atoms with Crippen LogP contribution in [0.15, 0.2) is 77.8 Å². The number of pyridine rings is 1. The number of hydrogen-bond donors (Lipinski definition) is 1. The summed E-state index contributed by atoms with van der Waals surface area (Å²) < 4.78 is 27.7. The van der Waals surface area contributed by atoms with E-state index in [1.807, 2.05) is 0 Å². The van der Waals surface area contributed by atoms with Gasteiger partial charge in [-0.05, 0) is 54.1 Å². The van der Waals surface area contributed by atoms with Gasteiger partial charge in [-0.2, -0.15) is 4.31 Å². The molecule has 144 valence electrons. The van der Waals surface area contributed by atoms with E-state index in [0.29, 0.717) is 16.3 Å². The van der Waals surface area contributed by atoms with E-state index < -0.39 is 16.0 Å². The Morgan fingerprint density at radius 2 is 1.64 bits per heavy atom. The Bertz CT molecular complexity index is 1050. The fraction of sp³-hybridized carbons (Fsp3) is 0.100. The smallest absolute Gasteiger partial charge is 0.335 e. The maximum Gasteiger partial charge on any atom is 0.335 e. The van der Waals surface area contributed by atoms with Crippen LogP contribution in [-0.4, -0.2) is 28.8 Å². The van der Waals surface area contributed by atoms with Crippen molar-refractivity contribution in [2.75, 3.05) is 0 Å². The molecule has 3 aromatic rings. The van der Waals surface area contributed by atoms with Crippen molar-refractivity contribution in [2.45, 2.75) is 18.0 Å². The molecule has 0 unspecified atom stereocenters. The van der Waals surface area contributed by atoms with E-state index in [1.165, 1.54) is 40.7 Å². The molecule has 28 heavy (non-hydrogen) atoms. The van der Waals surface area contributed by atoms with Crippen LogP contribution >= 0.6 is 11.6 Å². The summed E-state index contributed by atoms with van der Waals surface area (Å²) in [5, 5.41) is 9.47. The highest BCUT2D eigenvalue weighted by molar-refractivity contribution is 7.89. The fourth-order valence-corrected chi connectivity index (χ4v) is 4.14. The van der Waals surface area contributed by atoms with E-state index in [4.69, 9.17) is 16.7 Å². The van der Waals surface area contributed by atoms with Crippen LogP contribution < -0.4 is 0 Å². The molecule has 1 aromatic heterocycles. The maximum atomic E-state index is 13.2. The Morgan fingerprint density at radius 1 is 0.964 bits per heavy atom. The predicted octanol–water partition coefficient (Wildman–Crippen LogP) is 3.82. The van der Waals surface area contributed by atoms with Gasteiger partial charge in [-0.1, -0.05) is 29.8 Å². The van der Waals surface area contributed by atoms with Gasteiger partial charge in [0.15, 0.2) is 0 Å². The van der Waals surface area contributed by atoms with E-state index >= 15 is 0 Å². The summed E-state index contributed by atoms with van der Waals surface area (Å²) in [4.78, 5) is 15.4. The molecule has 3 rings (SSSR count). The van der Waals surface area contributed by atoms with Crippen LogP contribution in [0.2, 0.25) is 5.02 Å². The number of carboxylic acid groups (broad SMARTS) is 1. The lowest BCUT2D eigenvalue weighted by molar-refractivity contribution is 0.0697. The van der Waals surface area contributed by atoms with E-state index in [-0.39, 0.29) is 23.5 Å². The number of carbonyl (C=O) groups is 1. The standard InChI is InChI=1S/C20H17ClN2O4S/c21-17-8-10-19(11-9-17)28(26,27)23(14-18-3-1-2-12-22-18)13-15-4-6-16(7-5-15)20(24)25/h1-12H,13-14H2,(H,24,25). The van der Waals surface area contributed by atoms with E-state index in [0.717, 1.165) is 0 Å². The van der Waals surface area contributed by atoms with Crippen molar-refractivity contribution in [1.29, 1.82) is 0 Å². The molecule has 0 bridgehead atoms. The van der Waals surface area contributed by atoms with Gasteiger partial charge in [0, 0.05) is 17.8 Å². The van der Waals surface area contributed by atoms with E-state index in [2.05, 4.69) is 4.98 Å². The molecular weight excluding hydrogens is 400 g/mol. The molecule has 1 heterocycles. The van der Waals surface area contributed by atoms with Crippen molar-refractivity contribution in [3.8, 4) is 0 Å². The second-order valence-electron chi connectivity index (χ2n) is 6.05. The Kier molecular flexibility index (Phi) is 6.08. The molecule has 0 radical (unpaired) electrons. The molecule has 2 aromatic carbocycles. The van der Waals surface area contributed by atoms with Crippen LogP contribution in [0, 0.1) is 0 Å². The molecule has 0 fully saturated rings. The lowest BCUT2D eigenvalue weighted by Gasteiger charge is -2.22. The third kappa shape index (κ3) is 4.75. The van der Waals surface area contributed by atoms with Crippen molar-refractivity contribution in [1.82, 2.24) is 9.29 Å². The summed E-state index contributed by atoms with van der Waals surface area (Å²) in [5.74, 6) is -1.04. The molecule has 1 N–H and O–H groups in total. The Hall–Kier alpha value is -2.74. The van der Waals surface area contributed by atoms with Gasteiger partial charge < -0.3 is 5.11 Å². The third-order valence-corrected chi connectivity index (χ3v) is 6.13. The van der Waals surface area contributed by atoms with Crippen molar-refractivity contribution in [3.05, 3.63) is 94.8 Å². The Labute approximate surface area is 168 Å². The summed E-state index contributed by atoms with van der Waals surface area (Å²) in [5.41, 5.74) is 1.40. The molecule has 0 saturated carbocycles. The molecule has 0 aliphatic rings. The number of halogens is 1. The van der Waals surface area contributed by atoms with Gasteiger partial charge in [0.2, 0.25) is 10.0 Å². The van der Waals surface area contributed by atoms with Crippen molar-refractivity contribution in [3.63, 3.8) is 0 Å². The summed E-state index contributed by atoms with van der Waals surface area (Å²) in [7, 11) is -3.82. The van der Waals surface area contributed by atoms with Crippen LogP contribution in [0.5, 0.6) is 0 Å². The number of rotatable bonds is 7. The second kappa shape index (κ2) is 8.52. The minimum Gasteiger partial charge on any atom is -0.478 e. The average Bonchev–Trinajstić information content (AvgIpc) is 2.69. The highest BCUT2D eigenvalue weighted by Gasteiger charge is 2.25. The predicted molar refractivity (Wildman–Crippen MR) is 106 cm³/mol. The summed E-state index contributed by atoms with van der Waals surface area (Å²) >= 11 is 5.87. The van der Waals surface area contributed by atoms with Gasteiger partial charge in [0.1, 0.15) is 0 Å². The number of aromatic carboxylic acids is 1.